The summed E-state index contributed by atoms with van der Waals surface area (Å²) in [4.78, 5) is 1.10. The minimum Gasteiger partial charge on any atom is -0.127 e. The molecular weight excluding hydrogens is 304 g/mol. The van der Waals surface area contributed by atoms with Crippen molar-refractivity contribution in [2.75, 3.05) is 0 Å². The first-order valence-corrected chi connectivity index (χ1v) is 7.19. The number of hydrogen-bond donors (Lipinski definition) is 0. The summed E-state index contributed by atoms with van der Waals surface area (Å²) < 4.78 is 2.33. The summed E-state index contributed by atoms with van der Waals surface area (Å²) in [5.74, 6) is 6.43. The minimum atomic E-state index is 1.02. The molecule has 86 valence electrons. The molecule has 2 heteroatoms. The van der Waals surface area contributed by atoms with Gasteiger partial charge in [-0.3, -0.25) is 0 Å². The fourth-order valence-electron chi connectivity index (χ4n) is 1.73. The molecule has 0 saturated carbocycles. The van der Waals surface area contributed by atoms with E-state index in [1.54, 1.807) is 11.3 Å². The standard InChI is InChI=1S/C16H9BrS/c17-15-7-3-1-5-12(15)9-10-14-11-13-6-2-4-8-16(13)18-14/h1-8,11H. The molecule has 0 amide bonds. The van der Waals surface area contributed by atoms with Gasteiger partial charge in [0.15, 0.2) is 0 Å². The second-order valence-electron chi connectivity index (χ2n) is 3.88. The van der Waals surface area contributed by atoms with Crippen molar-refractivity contribution in [1.29, 1.82) is 0 Å². The number of rotatable bonds is 0. The van der Waals surface area contributed by atoms with Gasteiger partial charge in [0, 0.05) is 14.7 Å². The summed E-state index contributed by atoms with van der Waals surface area (Å²) in [6, 6.07) is 18.5. The third kappa shape index (κ3) is 2.33. The van der Waals surface area contributed by atoms with Crippen LogP contribution in [-0.4, -0.2) is 0 Å². The largest absolute Gasteiger partial charge is 0.127 e. The Morgan fingerprint density at radius 1 is 0.889 bits per heavy atom. The van der Waals surface area contributed by atoms with E-state index >= 15 is 0 Å². The quantitative estimate of drug-likeness (QED) is 0.509. The van der Waals surface area contributed by atoms with E-state index in [2.05, 4.69) is 58.1 Å². The predicted molar refractivity (Wildman–Crippen MR) is 81.9 cm³/mol. The smallest absolute Gasteiger partial charge is 0.0784 e. The van der Waals surface area contributed by atoms with Gasteiger partial charge < -0.3 is 0 Å². The van der Waals surface area contributed by atoms with Crippen LogP contribution in [0.15, 0.2) is 59.1 Å². The average molecular weight is 313 g/mol. The molecule has 2 aromatic carbocycles. The first kappa shape index (κ1) is 11.5. The Morgan fingerprint density at radius 2 is 1.67 bits per heavy atom. The van der Waals surface area contributed by atoms with Crippen LogP contribution in [0.3, 0.4) is 0 Å². The second kappa shape index (κ2) is 4.97. The molecule has 0 aliphatic carbocycles. The molecule has 0 aliphatic heterocycles. The number of hydrogen-bond acceptors (Lipinski definition) is 1. The lowest BCUT2D eigenvalue weighted by Crippen LogP contribution is -1.75. The van der Waals surface area contributed by atoms with E-state index in [4.69, 9.17) is 0 Å². The molecule has 0 radical (unpaired) electrons. The number of halogens is 1. The van der Waals surface area contributed by atoms with Gasteiger partial charge in [-0.25, -0.2) is 0 Å². The molecule has 0 bridgehead atoms. The zero-order chi connectivity index (χ0) is 12.4. The molecule has 0 fully saturated rings. The van der Waals surface area contributed by atoms with Gasteiger partial charge in [0.1, 0.15) is 0 Å². The monoisotopic (exact) mass is 312 g/mol. The molecule has 18 heavy (non-hydrogen) atoms. The lowest BCUT2D eigenvalue weighted by atomic mass is 10.2. The Kier molecular flexibility index (Phi) is 3.19. The lowest BCUT2D eigenvalue weighted by Gasteiger charge is -1.92. The summed E-state index contributed by atoms with van der Waals surface area (Å²) in [6.45, 7) is 0. The Balaban J connectivity index is 2.00. The van der Waals surface area contributed by atoms with Crippen molar-refractivity contribution in [2.24, 2.45) is 0 Å². The van der Waals surface area contributed by atoms with Crippen molar-refractivity contribution in [1.82, 2.24) is 0 Å². The van der Waals surface area contributed by atoms with Crippen LogP contribution in [0.1, 0.15) is 10.4 Å². The molecule has 1 heterocycles. The maximum absolute atomic E-state index is 3.51. The summed E-state index contributed by atoms with van der Waals surface area (Å²) >= 11 is 5.24. The highest BCUT2D eigenvalue weighted by atomic mass is 79.9. The lowest BCUT2D eigenvalue weighted by molar-refractivity contribution is 1.59. The first-order valence-electron chi connectivity index (χ1n) is 5.58. The van der Waals surface area contributed by atoms with E-state index in [0.717, 1.165) is 14.9 Å². The highest BCUT2D eigenvalue weighted by molar-refractivity contribution is 9.10. The molecule has 0 atom stereocenters. The van der Waals surface area contributed by atoms with Gasteiger partial charge in [-0.1, -0.05) is 42.2 Å². The van der Waals surface area contributed by atoms with E-state index in [1.165, 1.54) is 10.1 Å². The Hall–Kier alpha value is -1.56. The highest BCUT2D eigenvalue weighted by Gasteiger charge is 1.98. The molecule has 0 aliphatic rings. The van der Waals surface area contributed by atoms with Crippen LogP contribution in [0.25, 0.3) is 10.1 Å². The first-order chi connectivity index (χ1) is 8.83. The van der Waals surface area contributed by atoms with Gasteiger partial charge in [-0.2, -0.15) is 0 Å². The zero-order valence-electron chi connectivity index (χ0n) is 9.48. The summed E-state index contributed by atoms with van der Waals surface area (Å²) in [5, 5.41) is 1.26. The molecule has 0 saturated heterocycles. The predicted octanol–water partition coefficient (Wildman–Crippen LogP) is 5.06. The van der Waals surface area contributed by atoms with Gasteiger partial charge in [0.05, 0.1) is 4.88 Å². The fourth-order valence-corrected chi connectivity index (χ4v) is 3.04. The van der Waals surface area contributed by atoms with Crippen LogP contribution >= 0.6 is 27.3 Å². The molecule has 1 aromatic heterocycles. The van der Waals surface area contributed by atoms with Crippen molar-refractivity contribution in [3.8, 4) is 11.8 Å². The van der Waals surface area contributed by atoms with Crippen molar-refractivity contribution >= 4 is 37.4 Å². The Labute approximate surface area is 118 Å². The average Bonchev–Trinajstić information content (AvgIpc) is 2.80. The summed E-state index contributed by atoms with van der Waals surface area (Å²) in [7, 11) is 0. The SMILES string of the molecule is Brc1ccccc1C#Cc1cc2ccccc2s1. The summed E-state index contributed by atoms with van der Waals surface area (Å²) in [5.41, 5.74) is 1.02. The Morgan fingerprint density at radius 3 is 2.50 bits per heavy atom. The van der Waals surface area contributed by atoms with E-state index in [0.29, 0.717) is 0 Å². The van der Waals surface area contributed by atoms with Crippen molar-refractivity contribution in [2.45, 2.75) is 0 Å². The van der Waals surface area contributed by atoms with Gasteiger partial charge in [-0.05, 0) is 45.6 Å². The van der Waals surface area contributed by atoms with Gasteiger partial charge >= 0.3 is 0 Å². The van der Waals surface area contributed by atoms with Crippen molar-refractivity contribution in [3.63, 3.8) is 0 Å². The van der Waals surface area contributed by atoms with Crippen LogP contribution in [0, 0.1) is 11.8 Å². The van der Waals surface area contributed by atoms with E-state index in [9.17, 15) is 0 Å². The Bertz CT molecular complexity index is 726. The number of thiophene rings is 1. The fraction of sp³-hybridized carbons (Fsp3) is 0. The van der Waals surface area contributed by atoms with E-state index in [1.807, 2.05) is 24.3 Å². The van der Waals surface area contributed by atoms with Crippen molar-refractivity contribution < 1.29 is 0 Å². The maximum Gasteiger partial charge on any atom is 0.0784 e. The van der Waals surface area contributed by atoms with Crippen LogP contribution in [0.5, 0.6) is 0 Å². The van der Waals surface area contributed by atoms with Gasteiger partial charge in [0.2, 0.25) is 0 Å². The van der Waals surface area contributed by atoms with Gasteiger partial charge in [0.25, 0.3) is 0 Å². The number of benzene rings is 2. The molecule has 3 rings (SSSR count). The second-order valence-corrected chi connectivity index (χ2v) is 5.82. The molecule has 0 nitrogen and oxygen atoms in total. The topological polar surface area (TPSA) is 0 Å². The van der Waals surface area contributed by atoms with Crippen molar-refractivity contribution in [3.05, 3.63) is 69.5 Å². The third-order valence-electron chi connectivity index (χ3n) is 2.62. The summed E-state index contributed by atoms with van der Waals surface area (Å²) in [6.07, 6.45) is 0. The molecular formula is C16H9BrS. The molecule has 3 aromatic rings. The molecule has 0 unspecified atom stereocenters. The van der Waals surface area contributed by atoms with Gasteiger partial charge in [-0.15, -0.1) is 11.3 Å². The van der Waals surface area contributed by atoms with Crippen LogP contribution in [0.2, 0.25) is 0 Å². The van der Waals surface area contributed by atoms with Crippen LogP contribution < -0.4 is 0 Å². The number of fused-ring (bicyclic) bond motifs is 1. The maximum atomic E-state index is 3.51. The zero-order valence-corrected chi connectivity index (χ0v) is 11.9. The third-order valence-corrected chi connectivity index (χ3v) is 4.34. The van der Waals surface area contributed by atoms with Crippen LogP contribution in [-0.2, 0) is 0 Å². The molecule has 0 N–H and O–H groups in total. The van der Waals surface area contributed by atoms with E-state index in [-0.39, 0.29) is 0 Å². The van der Waals surface area contributed by atoms with Crippen LogP contribution in [0.4, 0.5) is 0 Å². The minimum absolute atomic E-state index is 1.02. The van der Waals surface area contributed by atoms with E-state index < -0.39 is 0 Å². The molecule has 0 spiro atoms. The normalized spacial score (nSPS) is 10.1. The highest BCUT2D eigenvalue weighted by Crippen LogP contribution is 2.24.